The summed E-state index contributed by atoms with van der Waals surface area (Å²) in [5.41, 5.74) is 2.83. The zero-order valence-corrected chi connectivity index (χ0v) is 11.6. The second kappa shape index (κ2) is 6.15. The van der Waals surface area contributed by atoms with Crippen LogP contribution in [0.25, 0.3) is 0 Å². The van der Waals surface area contributed by atoms with Crippen molar-refractivity contribution in [3.8, 4) is 0 Å². The largest absolute Gasteiger partial charge is 0.347 e. The quantitative estimate of drug-likeness (QED) is 0.752. The van der Waals surface area contributed by atoms with Crippen molar-refractivity contribution < 1.29 is 4.63 Å². The predicted molar refractivity (Wildman–Crippen MR) is 72.8 cm³/mol. The molecule has 1 saturated heterocycles. The maximum absolute atomic E-state index is 4.74. The molecule has 1 fully saturated rings. The van der Waals surface area contributed by atoms with E-state index in [2.05, 4.69) is 30.9 Å². The van der Waals surface area contributed by atoms with Crippen molar-refractivity contribution in [2.24, 2.45) is 5.92 Å². The Morgan fingerprint density at radius 3 is 2.90 bits per heavy atom. The zero-order chi connectivity index (χ0) is 13.8. The third kappa shape index (κ3) is 2.88. The first kappa shape index (κ1) is 13.3. The van der Waals surface area contributed by atoms with E-state index < -0.39 is 0 Å². The molecule has 20 heavy (non-hydrogen) atoms. The van der Waals surface area contributed by atoms with Gasteiger partial charge in [0.25, 0.3) is 0 Å². The molecule has 0 radical (unpaired) electrons. The van der Waals surface area contributed by atoms with Gasteiger partial charge in [-0.2, -0.15) is 0 Å². The number of aromatic nitrogens is 4. The molecule has 0 saturated carbocycles. The Morgan fingerprint density at radius 2 is 2.25 bits per heavy atom. The van der Waals surface area contributed by atoms with Gasteiger partial charge in [-0.3, -0.25) is 0 Å². The lowest BCUT2D eigenvalue weighted by Crippen LogP contribution is -2.36. The molecule has 0 aromatic carbocycles. The molecule has 0 bridgehead atoms. The van der Waals surface area contributed by atoms with Gasteiger partial charge in [0.05, 0.1) is 18.1 Å². The van der Waals surface area contributed by atoms with Crippen LogP contribution in [0.1, 0.15) is 36.0 Å². The number of aromatic amines is 1. The summed E-state index contributed by atoms with van der Waals surface area (Å²) in [4.78, 5) is 7.37. The molecule has 0 spiro atoms. The first-order valence-corrected chi connectivity index (χ1v) is 7.05. The minimum atomic E-state index is 0.260. The van der Waals surface area contributed by atoms with Gasteiger partial charge in [0.1, 0.15) is 11.4 Å². The highest BCUT2D eigenvalue weighted by Gasteiger charge is 2.26. The number of hydrogen-bond acceptors (Lipinski definition) is 6. The van der Waals surface area contributed by atoms with Gasteiger partial charge in [-0.15, -0.1) is 0 Å². The van der Waals surface area contributed by atoms with E-state index in [0.717, 1.165) is 43.0 Å². The summed E-state index contributed by atoms with van der Waals surface area (Å²) in [6.07, 6.45) is 5.95. The Labute approximate surface area is 117 Å². The van der Waals surface area contributed by atoms with Gasteiger partial charge in [0.15, 0.2) is 0 Å². The molecule has 1 unspecified atom stereocenters. The van der Waals surface area contributed by atoms with E-state index in [4.69, 9.17) is 4.63 Å². The summed E-state index contributed by atoms with van der Waals surface area (Å²) in [5, 5.41) is 14.7. The Kier molecular flexibility index (Phi) is 4.08. The van der Waals surface area contributed by atoms with Crippen LogP contribution in [0.3, 0.4) is 0 Å². The number of hydrogen-bond donors (Lipinski definition) is 3. The summed E-state index contributed by atoms with van der Waals surface area (Å²) in [6.45, 7) is 4.70. The Morgan fingerprint density at radius 1 is 1.40 bits per heavy atom. The van der Waals surface area contributed by atoms with E-state index in [1.807, 2.05) is 13.1 Å². The minimum Gasteiger partial charge on any atom is -0.347 e. The molecule has 1 atom stereocenters. The number of H-pyrrole nitrogens is 1. The SMILES string of the molecule is Cc1nonc1CNC(c1cnc[nH]1)C1CCNCC1. The van der Waals surface area contributed by atoms with Crippen molar-refractivity contribution in [2.45, 2.75) is 32.4 Å². The number of nitrogens with one attached hydrogen (secondary N) is 3. The zero-order valence-electron chi connectivity index (χ0n) is 11.6. The molecule has 3 N–H and O–H groups in total. The Hall–Kier alpha value is -1.73. The molecule has 3 rings (SSSR count). The highest BCUT2D eigenvalue weighted by molar-refractivity contribution is 5.08. The standard InChI is InChI=1S/C13H20N6O/c1-9-11(19-20-18-9)7-16-13(12-6-15-8-17-12)10-2-4-14-5-3-10/h6,8,10,13-14,16H,2-5,7H2,1H3,(H,15,17). The monoisotopic (exact) mass is 276 g/mol. The van der Waals surface area contributed by atoms with Gasteiger partial charge in [-0.25, -0.2) is 9.61 Å². The van der Waals surface area contributed by atoms with E-state index in [1.54, 1.807) is 6.33 Å². The van der Waals surface area contributed by atoms with E-state index in [1.165, 1.54) is 0 Å². The van der Waals surface area contributed by atoms with Crippen LogP contribution in [0, 0.1) is 12.8 Å². The van der Waals surface area contributed by atoms with Crippen LogP contribution < -0.4 is 10.6 Å². The van der Waals surface area contributed by atoms with Gasteiger partial charge < -0.3 is 15.6 Å². The highest BCUT2D eigenvalue weighted by atomic mass is 16.6. The first-order valence-electron chi connectivity index (χ1n) is 7.05. The van der Waals surface area contributed by atoms with Crippen LogP contribution in [0.4, 0.5) is 0 Å². The number of imidazole rings is 1. The second-order valence-electron chi connectivity index (χ2n) is 5.25. The topological polar surface area (TPSA) is 91.7 Å². The van der Waals surface area contributed by atoms with E-state index in [9.17, 15) is 0 Å². The fourth-order valence-corrected chi connectivity index (χ4v) is 2.76. The third-order valence-corrected chi connectivity index (χ3v) is 3.95. The normalized spacial score (nSPS) is 18.2. The third-order valence-electron chi connectivity index (χ3n) is 3.95. The number of piperidine rings is 1. The second-order valence-corrected chi connectivity index (χ2v) is 5.25. The molecule has 2 aromatic rings. The average Bonchev–Trinajstić information content (AvgIpc) is 3.13. The van der Waals surface area contributed by atoms with Gasteiger partial charge in [0.2, 0.25) is 0 Å². The molecule has 108 valence electrons. The lowest BCUT2D eigenvalue weighted by molar-refractivity contribution is 0.272. The fourth-order valence-electron chi connectivity index (χ4n) is 2.76. The van der Waals surface area contributed by atoms with Crippen LogP contribution in [-0.2, 0) is 6.54 Å². The van der Waals surface area contributed by atoms with Crippen LogP contribution in [0.2, 0.25) is 0 Å². The Bertz CT molecular complexity index is 517. The van der Waals surface area contributed by atoms with Gasteiger partial charge in [-0.1, -0.05) is 10.3 Å². The molecule has 1 aliphatic rings. The van der Waals surface area contributed by atoms with Crippen LogP contribution in [0.5, 0.6) is 0 Å². The predicted octanol–water partition coefficient (Wildman–Crippen LogP) is 0.932. The average molecular weight is 276 g/mol. The van der Waals surface area contributed by atoms with Gasteiger partial charge in [0, 0.05) is 12.7 Å². The summed E-state index contributed by atoms with van der Waals surface area (Å²) >= 11 is 0. The van der Waals surface area contributed by atoms with Crippen LogP contribution in [-0.4, -0.2) is 33.4 Å². The van der Waals surface area contributed by atoms with Gasteiger partial charge >= 0.3 is 0 Å². The maximum atomic E-state index is 4.74. The lowest BCUT2D eigenvalue weighted by Gasteiger charge is -2.30. The van der Waals surface area contributed by atoms with E-state index in [0.29, 0.717) is 12.5 Å². The summed E-state index contributed by atoms with van der Waals surface area (Å²) in [7, 11) is 0. The van der Waals surface area contributed by atoms with Crippen molar-refractivity contribution in [3.05, 3.63) is 29.6 Å². The minimum absolute atomic E-state index is 0.260. The van der Waals surface area contributed by atoms with E-state index >= 15 is 0 Å². The number of aryl methyl sites for hydroxylation is 1. The molecular weight excluding hydrogens is 256 g/mol. The molecule has 3 heterocycles. The molecular formula is C13H20N6O. The highest BCUT2D eigenvalue weighted by Crippen LogP contribution is 2.27. The molecule has 7 heteroatoms. The fraction of sp³-hybridized carbons (Fsp3) is 0.615. The number of nitrogens with zero attached hydrogens (tertiary/aromatic N) is 3. The molecule has 7 nitrogen and oxygen atoms in total. The Balaban J connectivity index is 1.70. The summed E-state index contributed by atoms with van der Waals surface area (Å²) in [5.74, 6) is 0.594. The van der Waals surface area contributed by atoms with Crippen molar-refractivity contribution in [3.63, 3.8) is 0 Å². The van der Waals surface area contributed by atoms with Crippen molar-refractivity contribution in [2.75, 3.05) is 13.1 Å². The molecule has 0 aliphatic carbocycles. The van der Waals surface area contributed by atoms with Crippen LogP contribution >= 0.6 is 0 Å². The summed E-state index contributed by atoms with van der Waals surface area (Å²) < 4.78 is 4.74. The summed E-state index contributed by atoms with van der Waals surface area (Å²) in [6, 6.07) is 0.260. The molecule has 1 aliphatic heterocycles. The van der Waals surface area contributed by atoms with Crippen molar-refractivity contribution in [1.82, 2.24) is 30.9 Å². The van der Waals surface area contributed by atoms with Crippen molar-refractivity contribution >= 4 is 0 Å². The maximum Gasteiger partial charge on any atom is 0.121 e. The first-order chi connectivity index (χ1) is 9.84. The smallest absolute Gasteiger partial charge is 0.121 e. The molecule has 2 aromatic heterocycles. The van der Waals surface area contributed by atoms with Crippen molar-refractivity contribution in [1.29, 1.82) is 0 Å². The number of rotatable bonds is 5. The van der Waals surface area contributed by atoms with E-state index in [-0.39, 0.29) is 6.04 Å². The lowest BCUT2D eigenvalue weighted by atomic mass is 9.88. The van der Waals surface area contributed by atoms with Crippen LogP contribution in [0.15, 0.2) is 17.2 Å². The molecule has 0 amide bonds. The van der Waals surface area contributed by atoms with Gasteiger partial charge in [-0.05, 0) is 38.8 Å².